The molecule has 1 aliphatic carbocycles. The summed E-state index contributed by atoms with van der Waals surface area (Å²) in [6.07, 6.45) is 1.42. The van der Waals surface area contributed by atoms with Crippen LogP contribution in [0.4, 0.5) is 8.78 Å². The normalized spacial score (nSPS) is 21.3. The molecule has 1 aromatic carbocycles. The number of carboxylic acid groups (broad SMARTS) is 1. The topological polar surface area (TPSA) is 50.2 Å². The molecule has 0 saturated carbocycles. The van der Waals surface area contributed by atoms with E-state index in [2.05, 4.69) is 11.9 Å². The van der Waals surface area contributed by atoms with Gasteiger partial charge in [-0.2, -0.15) is 0 Å². The first-order chi connectivity index (χ1) is 9.90. The van der Waals surface area contributed by atoms with Gasteiger partial charge in [0.15, 0.2) is 5.82 Å². The molecular formula is C16H15F2NO2. The van der Waals surface area contributed by atoms with E-state index < -0.39 is 17.6 Å². The number of hydrogen-bond acceptors (Lipinski definition) is 2. The third-order valence-electron chi connectivity index (χ3n) is 4.49. The van der Waals surface area contributed by atoms with Crippen LogP contribution < -0.4 is 0 Å². The number of pyridine rings is 1. The van der Waals surface area contributed by atoms with Crippen LogP contribution in [-0.4, -0.2) is 16.1 Å². The van der Waals surface area contributed by atoms with Gasteiger partial charge < -0.3 is 5.11 Å². The fourth-order valence-corrected chi connectivity index (χ4v) is 3.11. The Morgan fingerprint density at radius 1 is 1.33 bits per heavy atom. The second kappa shape index (κ2) is 4.76. The zero-order chi connectivity index (χ0) is 15.3. The van der Waals surface area contributed by atoms with Gasteiger partial charge in [0.1, 0.15) is 11.3 Å². The van der Waals surface area contributed by atoms with Gasteiger partial charge in [-0.05, 0) is 30.4 Å². The van der Waals surface area contributed by atoms with Crippen LogP contribution in [0.2, 0.25) is 0 Å². The summed E-state index contributed by atoms with van der Waals surface area (Å²) in [6.45, 7) is 4.04. The maximum Gasteiger partial charge on any atom is 0.336 e. The minimum atomic E-state index is -1.16. The van der Waals surface area contributed by atoms with Crippen LogP contribution in [0.1, 0.15) is 47.8 Å². The standard InChI is InChI=1S/C16H15F2NO2/c1-7-3-4-10-13(16(20)21)11-5-9(17)6-12(18)15(11)19-14(10)8(7)2/h5-8H,3-4H2,1-2H3,(H,20,21). The van der Waals surface area contributed by atoms with Crippen molar-refractivity contribution in [2.75, 3.05) is 0 Å². The third kappa shape index (κ3) is 2.07. The highest BCUT2D eigenvalue weighted by molar-refractivity contribution is 6.04. The van der Waals surface area contributed by atoms with Crippen LogP contribution in [0.25, 0.3) is 10.9 Å². The second-order valence-electron chi connectivity index (χ2n) is 5.74. The molecule has 3 rings (SSSR count). The van der Waals surface area contributed by atoms with Gasteiger partial charge in [-0.25, -0.2) is 18.6 Å². The first kappa shape index (κ1) is 13.9. The predicted octanol–water partition coefficient (Wildman–Crippen LogP) is 3.90. The van der Waals surface area contributed by atoms with Crippen molar-refractivity contribution in [1.29, 1.82) is 0 Å². The lowest BCUT2D eigenvalue weighted by Gasteiger charge is -2.29. The molecule has 0 amide bonds. The minimum absolute atomic E-state index is 0.00727. The molecule has 110 valence electrons. The second-order valence-corrected chi connectivity index (χ2v) is 5.74. The van der Waals surface area contributed by atoms with Crippen molar-refractivity contribution in [3.8, 4) is 0 Å². The largest absolute Gasteiger partial charge is 0.478 e. The Morgan fingerprint density at radius 2 is 2.05 bits per heavy atom. The van der Waals surface area contributed by atoms with E-state index in [4.69, 9.17) is 0 Å². The Kier molecular flexibility index (Phi) is 3.15. The highest BCUT2D eigenvalue weighted by Crippen LogP contribution is 2.39. The van der Waals surface area contributed by atoms with Crippen molar-refractivity contribution >= 4 is 16.9 Å². The number of aromatic carboxylic acids is 1. The number of halogens is 2. The van der Waals surface area contributed by atoms with Gasteiger partial charge in [-0.1, -0.05) is 13.8 Å². The van der Waals surface area contributed by atoms with E-state index in [1.165, 1.54) is 0 Å². The summed E-state index contributed by atoms with van der Waals surface area (Å²) in [6, 6.07) is 1.79. The summed E-state index contributed by atoms with van der Waals surface area (Å²) in [7, 11) is 0. The number of nitrogens with zero attached hydrogens (tertiary/aromatic N) is 1. The Morgan fingerprint density at radius 3 is 2.71 bits per heavy atom. The van der Waals surface area contributed by atoms with Gasteiger partial charge in [-0.3, -0.25) is 0 Å². The van der Waals surface area contributed by atoms with Crippen LogP contribution in [0.3, 0.4) is 0 Å². The van der Waals surface area contributed by atoms with Gasteiger partial charge in [0.05, 0.1) is 5.56 Å². The van der Waals surface area contributed by atoms with Gasteiger partial charge >= 0.3 is 5.97 Å². The summed E-state index contributed by atoms with van der Waals surface area (Å²) in [4.78, 5) is 16.0. The summed E-state index contributed by atoms with van der Waals surface area (Å²) < 4.78 is 27.4. The molecule has 1 aromatic heterocycles. The van der Waals surface area contributed by atoms with Crippen molar-refractivity contribution < 1.29 is 18.7 Å². The van der Waals surface area contributed by atoms with Gasteiger partial charge in [-0.15, -0.1) is 0 Å². The zero-order valence-electron chi connectivity index (χ0n) is 11.8. The maximum absolute atomic E-state index is 14.0. The van der Waals surface area contributed by atoms with E-state index >= 15 is 0 Å². The van der Waals surface area contributed by atoms with Crippen molar-refractivity contribution in [1.82, 2.24) is 4.98 Å². The van der Waals surface area contributed by atoms with Crippen molar-refractivity contribution in [3.05, 3.63) is 40.6 Å². The number of fused-ring (bicyclic) bond motifs is 2. The molecule has 1 heterocycles. The number of carboxylic acids is 1. The molecule has 5 heteroatoms. The molecule has 21 heavy (non-hydrogen) atoms. The molecule has 1 N–H and O–H groups in total. The summed E-state index contributed by atoms with van der Waals surface area (Å²) in [5.74, 6) is -2.36. The lowest BCUT2D eigenvalue weighted by Crippen LogP contribution is -2.21. The summed E-state index contributed by atoms with van der Waals surface area (Å²) in [5, 5.41) is 9.54. The Hall–Kier alpha value is -2.04. The molecule has 0 radical (unpaired) electrons. The molecule has 0 aliphatic heterocycles. The molecule has 0 bridgehead atoms. The van der Waals surface area contributed by atoms with Gasteiger partial charge in [0, 0.05) is 23.1 Å². The van der Waals surface area contributed by atoms with E-state index in [1.54, 1.807) is 0 Å². The molecule has 2 unspecified atom stereocenters. The number of carbonyl (C=O) groups is 1. The highest BCUT2D eigenvalue weighted by atomic mass is 19.1. The zero-order valence-corrected chi connectivity index (χ0v) is 11.8. The van der Waals surface area contributed by atoms with Crippen LogP contribution in [0.5, 0.6) is 0 Å². The maximum atomic E-state index is 14.0. The van der Waals surface area contributed by atoms with E-state index in [-0.39, 0.29) is 22.4 Å². The van der Waals surface area contributed by atoms with Crippen molar-refractivity contribution in [2.45, 2.75) is 32.6 Å². The molecule has 2 aromatic rings. The molecule has 0 fully saturated rings. The third-order valence-corrected chi connectivity index (χ3v) is 4.49. The average Bonchev–Trinajstić information content (AvgIpc) is 2.41. The number of hydrogen-bond donors (Lipinski definition) is 1. The molecular weight excluding hydrogens is 276 g/mol. The molecule has 0 spiro atoms. The highest BCUT2D eigenvalue weighted by Gasteiger charge is 2.30. The summed E-state index contributed by atoms with van der Waals surface area (Å²) in [5.41, 5.74) is 1.18. The Labute approximate surface area is 120 Å². The smallest absolute Gasteiger partial charge is 0.336 e. The van der Waals surface area contributed by atoms with E-state index in [0.29, 0.717) is 23.6 Å². The molecule has 3 nitrogen and oxygen atoms in total. The first-order valence-electron chi connectivity index (χ1n) is 6.95. The average molecular weight is 291 g/mol. The SMILES string of the molecule is CC1CCc2c(nc3c(F)cc(F)cc3c2C(=O)O)C1C. The monoisotopic (exact) mass is 291 g/mol. The number of rotatable bonds is 1. The van der Waals surface area contributed by atoms with Crippen LogP contribution >= 0.6 is 0 Å². The van der Waals surface area contributed by atoms with E-state index in [9.17, 15) is 18.7 Å². The van der Waals surface area contributed by atoms with Crippen molar-refractivity contribution in [3.63, 3.8) is 0 Å². The van der Waals surface area contributed by atoms with Crippen molar-refractivity contribution in [2.24, 2.45) is 5.92 Å². The fraction of sp³-hybridized carbons (Fsp3) is 0.375. The minimum Gasteiger partial charge on any atom is -0.478 e. The van der Waals surface area contributed by atoms with Crippen LogP contribution in [0.15, 0.2) is 12.1 Å². The fourth-order valence-electron chi connectivity index (χ4n) is 3.11. The molecule has 1 aliphatic rings. The molecule has 2 atom stereocenters. The number of benzene rings is 1. The molecule has 0 saturated heterocycles. The van der Waals surface area contributed by atoms with Gasteiger partial charge in [0.25, 0.3) is 0 Å². The van der Waals surface area contributed by atoms with E-state index in [0.717, 1.165) is 18.6 Å². The quantitative estimate of drug-likeness (QED) is 0.867. The van der Waals surface area contributed by atoms with E-state index in [1.807, 2.05) is 6.92 Å². The number of aromatic nitrogens is 1. The van der Waals surface area contributed by atoms with Gasteiger partial charge in [0.2, 0.25) is 0 Å². The lowest BCUT2D eigenvalue weighted by molar-refractivity contribution is 0.0697. The summed E-state index contributed by atoms with van der Waals surface area (Å²) >= 11 is 0. The first-order valence-corrected chi connectivity index (χ1v) is 6.95. The van der Waals surface area contributed by atoms with Crippen LogP contribution in [0, 0.1) is 17.6 Å². The van der Waals surface area contributed by atoms with Crippen LogP contribution in [-0.2, 0) is 6.42 Å². The Bertz CT molecular complexity index is 758. The lowest BCUT2D eigenvalue weighted by atomic mass is 9.78. The predicted molar refractivity (Wildman–Crippen MR) is 74.5 cm³/mol. The Balaban J connectivity index is 2.44.